The summed E-state index contributed by atoms with van der Waals surface area (Å²) in [6.07, 6.45) is 1.96. The Morgan fingerprint density at radius 1 is 1.04 bits per heavy atom. The Labute approximate surface area is 170 Å². The second-order valence-corrected chi connectivity index (χ2v) is 6.73. The lowest BCUT2D eigenvalue weighted by Crippen LogP contribution is -2.32. The molecule has 1 aromatic heterocycles. The minimum atomic E-state index is -0.264. The van der Waals surface area contributed by atoms with Crippen LogP contribution in [0.25, 0.3) is 21.8 Å². The first-order chi connectivity index (χ1) is 13.2. The summed E-state index contributed by atoms with van der Waals surface area (Å²) in [7, 11) is 3.46. The number of halogens is 1. The first-order valence-corrected chi connectivity index (χ1v) is 9.32. The van der Waals surface area contributed by atoms with Gasteiger partial charge in [-0.2, -0.15) is 4.99 Å². The molecule has 28 heavy (non-hydrogen) atoms. The summed E-state index contributed by atoms with van der Waals surface area (Å²) in [5.41, 5.74) is 2.87. The van der Waals surface area contributed by atoms with Gasteiger partial charge in [-0.3, -0.25) is 4.79 Å². The van der Waals surface area contributed by atoms with E-state index in [0.29, 0.717) is 17.6 Å². The molecule has 0 spiro atoms. The maximum absolute atomic E-state index is 12.6. The number of carbonyl (C=O) groups excluding carboxylic acids is 1. The monoisotopic (exact) mass is 400 g/mol. The largest absolute Gasteiger partial charge is 0.381 e. The molecule has 6 nitrogen and oxygen atoms in total. The number of nitrogens with one attached hydrogen (secondary N) is 2. The van der Waals surface area contributed by atoms with Crippen LogP contribution in [0.4, 0.5) is 0 Å². The fourth-order valence-electron chi connectivity index (χ4n) is 3.87. The number of hydrogen-bond acceptors (Lipinski definition) is 2. The molecular formula is C21H25ClN4O2. The second kappa shape index (κ2) is 8.63. The van der Waals surface area contributed by atoms with Gasteiger partial charge in [0.25, 0.3) is 5.91 Å². The molecular weight excluding hydrogens is 376 g/mol. The molecule has 0 saturated carbocycles. The first kappa shape index (κ1) is 20.2. The van der Waals surface area contributed by atoms with E-state index in [-0.39, 0.29) is 18.3 Å². The molecule has 1 amide bonds. The number of benzene rings is 2. The van der Waals surface area contributed by atoms with Crippen LogP contribution in [0.15, 0.2) is 47.5 Å². The number of aliphatic imine (C=N–C) groups is 1. The van der Waals surface area contributed by atoms with Crippen molar-refractivity contribution in [2.45, 2.75) is 18.9 Å². The zero-order chi connectivity index (χ0) is 18.8. The summed E-state index contributed by atoms with van der Waals surface area (Å²) in [5, 5.41) is 8.13. The molecule has 0 aliphatic carbocycles. The molecule has 0 bridgehead atoms. The summed E-state index contributed by atoms with van der Waals surface area (Å²) in [6, 6.07) is 14.7. The maximum Gasteiger partial charge on any atom is 0.280 e. The molecule has 7 heteroatoms. The van der Waals surface area contributed by atoms with Crippen LogP contribution in [0.3, 0.4) is 0 Å². The highest BCUT2D eigenvalue weighted by atomic mass is 35.5. The summed E-state index contributed by atoms with van der Waals surface area (Å²) in [4.78, 5) is 16.7. The molecule has 2 heterocycles. The van der Waals surface area contributed by atoms with Crippen molar-refractivity contribution in [3.8, 4) is 0 Å². The molecule has 0 radical (unpaired) electrons. The van der Waals surface area contributed by atoms with Gasteiger partial charge >= 0.3 is 0 Å². The van der Waals surface area contributed by atoms with Gasteiger partial charge in [0.1, 0.15) is 0 Å². The Hall–Kier alpha value is -2.57. The van der Waals surface area contributed by atoms with Crippen molar-refractivity contribution in [1.82, 2.24) is 15.2 Å². The predicted octanol–water partition coefficient (Wildman–Crippen LogP) is 3.50. The molecule has 2 aromatic carbocycles. The van der Waals surface area contributed by atoms with Crippen molar-refractivity contribution in [1.29, 1.82) is 0 Å². The van der Waals surface area contributed by atoms with Gasteiger partial charge in [-0.05, 0) is 31.0 Å². The number of para-hydroxylation sites is 1. The molecule has 1 saturated heterocycles. The number of ether oxygens (including phenoxy) is 1. The maximum atomic E-state index is 12.6. The SMILES string of the molecule is CNC(=NC(=O)c1ccc2c3ccccc3n(C3CCOCC3)c2c1)NC.Cl. The third-order valence-electron chi connectivity index (χ3n) is 5.20. The van der Waals surface area contributed by atoms with E-state index in [0.717, 1.165) is 31.6 Å². The number of aromatic nitrogens is 1. The van der Waals surface area contributed by atoms with Gasteiger partial charge in [0.2, 0.25) is 0 Å². The molecule has 3 aromatic rings. The van der Waals surface area contributed by atoms with E-state index in [4.69, 9.17) is 4.74 Å². The van der Waals surface area contributed by atoms with Crippen LogP contribution in [0.1, 0.15) is 29.2 Å². The predicted molar refractivity (Wildman–Crippen MR) is 116 cm³/mol. The van der Waals surface area contributed by atoms with Crippen LogP contribution >= 0.6 is 12.4 Å². The third-order valence-corrected chi connectivity index (χ3v) is 5.20. The first-order valence-electron chi connectivity index (χ1n) is 9.32. The van der Waals surface area contributed by atoms with Gasteiger partial charge in [-0.15, -0.1) is 12.4 Å². The molecule has 4 rings (SSSR count). The minimum Gasteiger partial charge on any atom is -0.381 e. The number of amides is 1. The van der Waals surface area contributed by atoms with E-state index < -0.39 is 0 Å². The lowest BCUT2D eigenvalue weighted by atomic mass is 10.1. The van der Waals surface area contributed by atoms with E-state index in [2.05, 4.69) is 44.5 Å². The lowest BCUT2D eigenvalue weighted by molar-refractivity contribution is 0.0717. The fraction of sp³-hybridized carbons (Fsp3) is 0.333. The van der Waals surface area contributed by atoms with Gasteiger partial charge in [-0.1, -0.05) is 24.3 Å². The van der Waals surface area contributed by atoms with Crippen molar-refractivity contribution < 1.29 is 9.53 Å². The summed E-state index contributed by atoms with van der Waals surface area (Å²) >= 11 is 0. The van der Waals surface area contributed by atoms with Crippen LogP contribution in [-0.4, -0.2) is 43.7 Å². The van der Waals surface area contributed by atoms with Crippen LogP contribution in [0.5, 0.6) is 0 Å². The molecule has 1 aliphatic rings. The van der Waals surface area contributed by atoms with Crippen molar-refractivity contribution >= 4 is 46.1 Å². The summed E-state index contributed by atoms with van der Waals surface area (Å²) in [5.74, 6) is 0.185. The van der Waals surface area contributed by atoms with Gasteiger partial charge in [0.15, 0.2) is 5.96 Å². The zero-order valence-electron chi connectivity index (χ0n) is 16.1. The average molecular weight is 401 g/mol. The normalized spacial score (nSPS) is 14.5. The Balaban J connectivity index is 0.00000225. The van der Waals surface area contributed by atoms with Gasteiger partial charge in [0.05, 0.1) is 5.52 Å². The third kappa shape index (κ3) is 3.57. The molecule has 1 fully saturated rings. The fourth-order valence-corrected chi connectivity index (χ4v) is 3.87. The van der Waals surface area contributed by atoms with Gasteiger partial charge in [0, 0.05) is 55.2 Å². The van der Waals surface area contributed by atoms with Crippen molar-refractivity contribution in [2.24, 2.45) is 4.99 Å². The number of hydrogen-bond donors (Lipinski definition) is 2. The van der Waals surface area contributed by atoms with E-state index >= 15 is 0 Å². The molecule has 148 valence electrons. The van der Waals surface area contributed by atoms with Crippen LogP contribution < -0.4 is 10.6 Å². The topological polar surface area (TPSA) is 67.7 Å². The Bertz CT molecular complexity index is 1020. The number of rotatable bonds is 2. The van der Waals surface area contributed by atoms with Crippen molar-refractivity contribution in [3.63, 3.8) is 0 Å². The number of nitrogens with zero attached hydrogens (tertiary/aromatic N) is 2. The molecule has 0 unspecified atom stereocenters. The molecule has 0 atom stereocenters. The number of guanidine groups is 1. The smallest absolute Gasteiger partial charge is 0.280 e. The molecule has 1 aliphatic heterocycles. The van der Waals surface area contributed by atoms with E-state index in [1.807, 2.05) is 18.2 Å². The highest BCUT2D eigenvalue weighted by molar-refractivity contribution is 6.11. The summed E-state index contributed by atoms with van der Waals surface area (Å²) in [6.45, 7) is 1.55. The van der Waals surface area contributed by atoms with Crippen LogP contribution in [0, 0.1) is 0 Å². The highest BCUT2D eigenvalue weighted by Gasteiger charge is 2.21. The zero-order valence-corrected chi connectivity index (χ0v) is 16.9. The van der Waals surface area contributed by atoms with Crippen LogP contribution in [0.2, 0.25) is 0 Å². The summed E-state index contributed by atoms with van der Waals surface area (Å²) < 4.78 is 7.93. The number of carbonyl (C=O) groups is 1. The standard InChI is InChI=1S/C21H24N4O2.ClH/c1-22-21(23-2)24-20(26)14-7-8-17-16-5-3-4-6-18(16)25(19(17)13-14)15-9-11-27-12-10-15;/h3-8,13,15H,9-12H2,1-2H3,(H2,22,23,24,26);1H. The van der Waals surface area contributed by atoms with E-state index in [1.165, 1.54) is 16.3 Å². The quantitative estimate of drug-likeness (QED) is 0.510. The Morgan fingerprint density at radius 3 is 2.43 bits per heavy atom. The average Bonchev–Trinajstić information content (AvgIpc) is 3.06. The Kier molecular flexibility index (Phi) is 6.21. The van der Waals surface area contributed by atoms with E-state index in [1.54, 1.807) is 14.1 Å². The van der Waals surface area contributed by atoms with E-state index in [9.17, 15) is 4.79 Å². The minimum absolute atomic E-state index is 0. The van der Waals surface area contributed by atoms with Crippen LogP contribution in [-0.2, 0) is 4.74 Å². The second-order valence-electron chi connectivity index (χ2n) is 6.73. The Morgan fingerprint density at radius 2 is 1.71 bits per heavy atom. The highest BCUT2D eigenvalue weighted by Crippen LogP contribution is 2.35. The number of fused-ring (bicyclic) bond motifs is 3. The molecule has 2 N–H and O–H groups in total. The van der Waals surface area contributed by atoms with Crippen molar-refractivity contribution in [3.05, 3.63) is 48.0 Å². The lowest BCUT2D eigenvalue weighted by Gasteiger charge is -2.25. The van der Waals surface area contributed by atoms with Gasteiger partial charge in [-0.25, -0.2) is 0 Å². The van der Waals surface area contributed by atoms with Crippen molar-refractivity contribution in [2.75, 3.05) is 27.3 Å². The van der Waals surface area contributed by atoms with Gasteiger partial charge < -0.3 is 19.9 Å².